The Balaban J connectivity index is 1.88. The Morgan fingerprint density at radius 2 is 2.47 bits per heavy atom. The summed E-state index contributed by atoms with van der Waals surface area (Å²) >= 11 is 0. The molecule has 0 radical (unpaired) electrons. The molecule has 0 spiro atoms. The van der Waals surface area contributed by atoms with E-state index in [0.717, 1.165) is 12.5 Å². The lowest BCUT2D eigenvalue weighted by atomic mass is 10.1. The van der Waals surface area contributed by atoms with Crippen molar-refractivity contribution in [3.8, 4) is 0 Å². The Morgan fingerprint density at radius 3 is 3.00 bits per heavy atom. The van der Waals surface area contributed by atoms with E-state index in [0.29, 0.717) is 12.1 Å². The highest BCUT2D eigenvalue weighted by Gasteiger charge is 2.31. The third-order valence-electron chi connectivity index (χ3n) is 3.02. The average Bonchev–Trinajstić information content (AvgIpc) is 2.92. The lowest BCUT2D eigenvalue weighted by Crippen LogP contribution is -2.36. The molecule has 0 aromatic carbocycles. The molecule has 1 aromatic rings. The van der Waals surface area contributed by atoms with Crippen molar-refractivity contribution in [3.63, 3.8) is 0 Å². The van der Waals surface area contributed by atoms with Crippen LogP contribution < -0.4 is 5.32 Å². The predicted molar refractivity (Wildman–Crippen MR) is 58.5 cm³/mol. The molecule has 2 N–H and O–H groups in total. The number of rotatable bonds is 6. The minimum Gasteiger partial charge on any atom is -0.383 e. The van der Waals surface area contributed by atoms with E-state index in [1.165, 1.54) is 18.4 Å². The van der Waals surface area contributed by atoms with Crippen molar-refractivity contribution >= 4 is 0 Å². The van der Waals surface area contributed by atoms with Gasteiger partial charge in [-0.05, 0) is 25.7 Å². The smallest absolute Gasteiger partial charge is 0.0618 e. The van der Waals surface area contributed by atoms with Crippen molar-refractivity contribution in [3.05, 3.63) is 18.0 Å². The van der Waals surface area contributed by atoms with Crippen LogP contribution in [0.3, 0.4) is 0 Å². The fraction of sp³-hybridized carbons (Fsp3) is 0.727. The fourth-order valence-corrected chi connectivity index (χ4v) is 1.91. The van der Waals surface area contributed by atoms with E-state index in [4.69, 9.17) is 4.74 Å². The van der Waals surface area contributed by atoms with E-state index in [2.05, 4.69) is 22.4 Å². The van der Waals surface area contributed by atoms with Gasteiger partial charge in [-0.3, -0.25) is 5.10 Å². The summed E-state index contributed by atoms with van der Waals surface area (Å²) in [6.45, 7) is 2.96. The minimum absolute atomic E-state index is 0.337. The van der Waals surface area contributed by atoms with Gasteiger partial charge in [-0.15, -0.1) is 0 Å². The van der Waals surface area contributed by atoms with Gasteiger partial charge in [0.25, 0.3) is 0 Å². The van der Waals surface area contributed by atoms with E-state index in [-0.39, 0.29) is 0 Å². The minimum atomic E-state index is 0.337. The van der Waals surface area contributed by atoms with Gasteiger partial charge in [0.2, 0.25) is 0 Å². The summed E-state index contributed by atoms with van der Waals surface area (Å²) in [5.41, 5.74) is 1.21. The number of nitrogens with zero attached hydrogens (tertiary/aromatic N) is 1. The van der Waals surface area contributed by atoms with Gasteiger partial charge in [0.15, 0.2) is 0 Å². The largest absolute Gasteiger partial charge is 0.383 e. The highest BCUT2D eigenvalue weighted by Crippen LogP contribution is 2.33. The molecule has 1 saturated carbocycles. The first-order chi connectivity index (χ1) is 7.31. The monoisotopic (exact) mass is 209 g/mol. The van der Waals surface area contributed by atoms with Crippen LogP contribution in [0.25, 0.3) is 0 Å². The third kappa shape index (κ3) is 2.79. The number of nitrogens with one attached hydrogen (secondary N) is 2. The molecule has 1 aliphatic carbocycles. The first-order valence-corrected chi connectivity index (χ1v) is 5.55. The molecule has 2 atom stereocenters. The van der Waals surface area contributed by atoms with Crippen molar-refractivity contribution < 1.29 is 4.74 Å². The summed E-state index contributed by atoms with van der Waals surface area (Å²) < 4.78 is 5.24. The zero-order chi connectivity index (χ0) is 10.7. The summed E-state index contributed by atoms with van der Waals surface area (Å²) in [7, 11) is 1.76. The van der Waals surface area contributed by atoms with Gasteiger partial charge in [-0.25, -0.2) is 0 Å². The van der Waals surface area contributed by atoms with E-state index >= 15 is 0 Å². The average molecular weight is 209 g/mol. The third-order valence-corrected chi connectivity index (χ3v) is 3.02. The van der Waals surface area contributed by atoms with Crippen molar-refractivity contribution in [2.45, 2.75) is 31.8 Å². The Kier molecular flexibility index (Phi) is 3.38. The van der Waals surface area contributed by atoms with Gasteiger partial charge in [-0.1, -0.05) is 0 Å². The second-order valence-corrected chi connectivity index (χ2v) is 4.32. The number of ether oxygens (including phenoxy) is 1. The Hall–Kier alpha value is -0.870. The summed E-state index contributed by atoms with van der Waals surface area (Å²) in [5, 5.41) is 10.4. The van der Waals surface area contributed by atoms with Crippen LogP contribution in [-0.4, -0.2) is 30.0 Å². The fourth-order valence-electron chi connectivity index (χ4n) is 1.91. The van der Waals surface area contributed by atoms with Crippen LogP contribution in [0.15, 0.2) is 12.4 Å². The summed E-state index contributed by atoms with van der Waals surface area (Å²) in [6, 6.07) is 0.824. The van der Waals surface area contributed by atoms with Crippen LogP contribution in [0.5, 0.6) is 0 Å². The van der Waals surface area contributed by atoms with Gasteiger partial charge in [0.1, 0.15) is 0 Å². The van der Waals surface area contributed by atoms with Crippen molar-refractivity contribution in [1.29, 1.82) is 0 Å². The first kappa shape index (κ1) is 10.6. The quantitative estimate of drug-likeness (QED) is 0.746. The topological polar surface area (TPSA) is 49.9 Å². The zero-order valence-corrected chi connectivity index (χ0v) is 9.36. The van der Waals surface area contributed by atoms with Crippen molar-refractivity contribution in [2.24, 2.45) is 5.92 Å². The van der Waals surface area contributed by atoms with Crippen LogP contribution in [0.4, 0.5) is 0 Å². The lowest BCUT2D eigenvalue weighted by Gasteiger charge is -2.21. The summed E-state index contributed by atoms with van der Waals surface area (Å²) in [5.74, 6) is 0.805. The highest BCUT2D eigenvalue weighted by molar-refractivity contribution is 5.08. The van der Waals surface area contributed by atoms with Gasteiger partial charge >= 0.3 is 0 Å². The molecule has 0 saturated heterocycles. The van der Waals surface area contributed by atoms with E-state index in [1.54, 1.807) is 7.11 Å². The Bertz CT molecular complexity index is 282. The molecule has 1 aromatic heterocycles. The molecule has 4 nitrogen and oxygen atoms in total. The second kappa shape index (κ2) is 4.77. The van der Waals surface area contributed by atoms with Crippen molar-refractivity contribution in [1.82, 2.24) is 15.5 Å². The molecule has 84 valence electrons. The number of hydrogen-bond acceptors (Lipinski definition) is 3. The zero-order valence-electron chi connectivity index (χ0n) is 9.36. The predicted octanol–water partition coefficient (Wildman–Crippen LogP) is 1.49. The standard InChI is InChI=1S/C11H19N3O/c1-8(10-5-12-13-6-10)14-11(7-15-2)9-3-4-9/h5-6,8-9,11,14H,3-4,7H2,1-2H3,(H,12,13). The van der Waals surface area contributed by atoms with Gasteiger partial charge in [0.05, 0.1) is 12.8 Å². The number of aromatic amines is 1. The molecule has 1 heterocycles. The highest BCUT2D eigenvalue weighted by atomic mass is 16.5. The molecule has 4 heteroatoms. The van der Waals surface area contributed by atoms with E-state index in [1.807, 2.05) is 12.4 Å². The molecule has 0 amide bonds. The van der Waals surface area contributed by atoms with E-state index < -0.39 is 0 Å². The SMILES string of the molecule is COCC(NC(C)c1cn[nH]c1)C1CC1. The number of H-pyrrole nitrogens is 1. The van der Waals surface area contributed by atoms with Gasteiger partial charge in [-0.2, -0.15) is 5.10 Å². The number of methoxy groups -OCH3 is 1. The first-order valence-electron chi connectivity index (χ1n) is 5.55. The van der Waals surface area contributed by atoms with Crippen LogP contribution in [-0.2, 0) is 4.74 Å². The molecule has 2 unspecified atom stereocenters. The Labute approximate surface area is 90.4 Å². The number of hydrogen-bond donors (Lipinski definition) is 2. The van der Waals surface area contributed by atoms with Crippen LogP contribution in [0.2, 0.25) is 0 Å². The molecular weight excluding hydrogens is 190 g/mol. The molecule has 1 aliphatic rings. The second-order valence-electron chi connectivity index (χ2n) is 4.32. The van der Waals surface area contributed by atoms with E-state index in [9.17, 15) is 0 Å². The Morgan fingerprint density at radius 1 is 1.67 bits per heavy atom. The summed E-state index contributed by atoms with van der Waals surface area (Å²) in [4.78, 5) is 0. The molecule has 2 rings (SSSR count). The molecule has 15 heavy (non-hydrogen) atoms. The molecular formula is C11H19N3O. The number of aromatic nitrogens is 2. The maximum Gasteiger partial charge on any atom is 0.0618 e. The van der Waals surface area contributed by atoms with Gasteiger partial charge < -0.3 is 10.1 Å². The molecule has 0 bridgehead atoms. The maximum atomic E-state index is 5.24. The summed E-state index contributed by atoms with van der Waals surface area (Å²) in [6.07, 6.45) is 6.47. The van der Waals surface area contributed by atoms with Gasteiger partial charge in [0, 0.05) is 31.0 Å². The lowest BCUT2D eigenvalue weighted by molar-refractivity contribution is 0.152. The normalized spacial score (nSPS) is 20.1. The maximum absolute atomic E-state index is 5.24. The molecule has 0 aliphatic heterocycles. The van der Waals surface area contributed by atoms with Crippen LogP contribution in [0, 0.1) is 5.92 Å². The molecule has 1 fully saturated rings. The van der Waals surface area contributed by atoms with Crippen LogP contribution >= 0.6 is 0 Å². The van der Waals surface area contributed by atoms with Crippen molar-refractivity contribution in [2.75, 3.05) is 13.7 Å². The van der Waals surface area contributed by atoms with Crippen LogP contribution in [0.1, 0.15) is 31.4 Å².